The Balaban J connectivity index is 2.50. The van der Waals surface area contributed by atoms with E-state index < -0.39 is 6.10 Å². The monoisotopic (exact) mass is 258 g/mol. The lowest BCUT2D eigenvalue weighted by Gasteiger charge is -2.11. The normalized spacial score (nSPS) is 13.2. The van der Waals surface area contributed by atoms with Gasteiger partial charge >= 0.3 is 0 Å². The van der Waals surface area contributed by atoms with E-state index in [1.54, 1.807) is 6.07 Å². The average Bonchev–Trinajstić information content (AvgIpc) is 2.61. The smallest absolute Gasteiger partial charge is 0.0928 e. The number of hydrogen-bond acceptors (Lipinski definition) is 2. The quantitative estimate of drug-likeness (QED) is 0.831. The zero-order valence-corrected chi connectivity index (χ0v) is 10.3. The van der Waals surface area contributed by atoms with E-state index >= 15 is 0 Å². The van der Waals surface area contributed by atoms with Gasteiger partial charge in [0.2, 0.25) is 0 Å². The Morgan fingerprint density at radius 3 is 2.94 bits per heavy atom. The molecule has 0 unspecified atom stereocenters. The molecule has 0 bridgehead atoms. The van der Waals surface area contributed by atoms with Crippen LogP contribution in [0.4, 0.5) is 0 Å². The summed E-state index contributed by atoms with van der Waals surface area (Å²) in [5.41, 5.74) is 1.73. The Kier molecular flexibility index (Phi) is 3.40. The summed E-state index contributed by atoms with van der Waals surface area (Å²) in [4.78, 5) is 2.41. The van der Waals surface area contributed by atoms with Crippen LogP contribution in [0.5, 0.6) is 0 Å². The summed E-state index contributed by atoms with van der Waals surface area (Å²) in [5, 5.41) is 11.4. The second-order valence-electron chi connectivity index (χ2n) is 3.72. The van der Waals surface area contributed by atoms with Gasteiger partial charge in [-0.2, -0.15) is 0 Å². The average molecular weight is 259 g/mol. The fourth-order valence-corrected chi connectivity index (χ4v) is 2.31. The lowest BCUT2D eigenvalue weighted by Crippen LogP contribution is -2.12. The zero-order valence-electron chi connectivity index (χ0n) is 8.74. The molecule has 0 aliphatic heterocycles. The second-order valence-corrected chi connectivity index (χ2v) is 4.40. The lowest BCUT2D eigenvalue weighted by atomic mass is 10.1. The number of rotatable bonds is 3. The van der Waals surface area contributed by atoms with Crippen molar-refractivity contribution < 1.29 is 5.11 Å². The molecule has 1 aromatic heterocycles. The first-order valence-electron chi connectivity index (χ1n) is 4.89. The highest BCUT2D eigenvalue weighted by atomic mass is 35.5. The SMILES string of the molecule is Cn1ccc2cc([C@H](O)CNCl)cc(Cl)c21. The van der Waals surface area contributed by atoms with Crippen LogP contribution in [0.15, 0.2) is 24.4 Å². The van der Waals surface area contributed by atoms with E-state index in [2.05, 4.69) is 4.84 Å². The van der Waals surface area contributed by atoms with Crippen molar-refractivity contribution in [1.82, 2.24) is 9.40 Å². The Labute approximate surface area is 104 Å². The molecule has 0 aliphatic carbocycles. The summed E-state index contributed by atoms with van der Waals surface area (Å²) in [6.45, 7) is 0.288. The van der Waals surface area contributed by atoms with E-state index in [0.717, 1.165) is 16.5 Å². The number of halogens is 2. The number of aliphatic hydroxyl groups is 1. The molecule has 1 atom stereocenters. The van der Waals surface area contributed by atoms with E-state index in [1.807, 2.05) is 29.9 Å². The number of aryl methyl sites for hydroxylation is 1. The molecule has 0 saturated carbocycles. The predicted molar refractivity (Wildman–Crippen MR) is 66.7 cm³/mol. The van der Waals surface area contributed by atoms with Crippen molar-refractivity contribution in [3.8, 4) is 0 Å². The van der Waals surface area contributed by atoms with Gasteiger partial charge in [0.15, 0.2) is 0 Å². The van der Waals surface area contributed by atoms with Crippen LogP contribution >= 0.6 is 23.4 Å². The van der Waals surface area contributed by atoms with Gasteiger partial charge in [-0.05, 0) is 35.5 Å². The first kappa shape index (κ1) is 11.7. The van der Waals surface area contributed by atoms with E-state index in [4.69, 9.17) is 23.4 Å². The summed E-state index contributed by atoms with van der Waals surface area (Å²) in [6.07, 6.45) is 1.28. The standard InChI is InChI=1S/C11H12Cl2N2O/c1-15-3-2-7-4-8(10(16)6-14-13)5-9(12)11(7)15/h2-5,10,14,16H,6H2,1H3/t10-/m1/s1. The molecule has 2 N–H and O–H groups in total. The molecule has 5 heteroatoms. The molecule has 0 radical (unpaired) electrons. The summed E-state index contributed by atoms with van der Waals surface area (Å²) < 4.78 is 1.95. The van der Waals surface area contributed by atoms with Gasteiger partial charge in [-0.15, -0.1) is 0 Å². The van der Waals surface area contributed by atoms with Gasteiger partial charge < -0.3 is 9.67 Å². The Bertz CT molecular complexity index is 510. The molecule has 0 aliphatic rings. The Morgan fingerprint density at radius 2 is 2.25 bits per heavy atom. The van der Waals surface area contributed by atoms with Gasteiger partial charge in [0.05, 0.1) is 16.6 Å². The maximum absolute atomic E-state index is 9.80. The minimum Gasteiger partial charge on any atom is -0.387 e. The van der Waals surface area contributed by atoms with Crippen molar-refractivity contribution in [3.63, 3.8) is 0 Å². The van der Waals surface area contributed by atoms with Crippen molar-refractivity contribution >= 4 is 34.3 Å². The molecular weight excluding hydrogens is 247 g/mol. The number of nitrogens with zero attached hydrogens (tertiary/aromatic N) is 1. The number of benzene rings is 1. The van der Waals surface area contributed by atoms with Gasteiger partial charge in [0.1, 0.15) is 0 Å². The van der Waals surface area contributed by atoms with Crippen LogP contribution in [0.2, 0.25) is 5.02 Å². The van der Waals surface area contributed by atoms with Gasteiger partial charge in [-0.3, -0.25) is 0 Å². The summed E-state index contributed by atoms with van der Waals surface area (Å²) in [6, 6.07) is 5.65. The fourth-order valence-electron chi connectivity index (χ4n) is 1.79. The van der Waals surface area contributed by atoms with Crippen molar-refractivity contribution in [2.24, 2.45) is 7.05 Å². The molecule has 1 aromatic carbocycles. The third-order valence-corrected chi connectivity index (χ3v) is 3.04. The summed E-state index contributed by atoms with van der Waals surface area (Å²) in [7, 11) is 1.94. The molecule has 2 aromatic rings. The van der Waals surface area contributed by atoms with Crippen molar-refractivity contribution in [2.75, 3.05) is 6.54 Å². The van der Waals surface area contributed by atoms with Crippen LogP contribution in [0.25, 0.3) is 10.9 Å². The number of nitrogens with one attached hydrogen (secondary N) is 1. The molecule has 0 saturated heterocycles. The maximum Gasteiger partial charge on any atom is 0.0928 e. The first-order valence-corrected chi connectivity index (χ1v) is 5.65. The van der Waals surface area contributed by atoms with E-state index in [1.165, 1.54) is 0 Å². The Hall–Kier alpha value is -0.740. The van der Waals surface area contributed by atoms with Crippen molar-refractivity contribution in [1.29, 1.82) is 0 Å². The van der Waals surface area contributed by atoms with Crippen LogP contribution < -0.4 is 4.84 Å². The minimum absolute atomic E-state index is 0.288. The van der Waals surface area contributed by atoms with Gasteiger partial charge in [0, 0.05) is 25.2 Å². The van der Waals surface area contributed by atoms with Crippen LogP contribution in [-0.4, -0.2) is 16.2 Å². The zero-order chi connectivity index (χ0) is 11.7. The van der Waals surface area contributed by atoms with Crippen LogP contribution in [-0.2, 0) is 7.05 Å². The number of aliphatic hydroxyl groups excluding tert-OH is 1. The third-order valence-electron chi connectivity index (χ3n) is 2.60. The second kappa shape index (κ2) is 4.63. The lowest BCUT2D eigenvalue weighted by molar-refractivity contribution is 0.182. The van der Waals surface area contributed by atoms with E-state index in [9.17, 15) is 5.11 Å². The van der Waals surface area contributed by atoms with Crippen LogP contribution in [0, 0.1) is 0 Å². The van der Waals surface area contributed by atoms with Gasteiger partial charge in [-0.25, -0.2) is 4.84 Å². The fraction of sp³-hybridized carbons (Fsp3) is 0.273. The topological polar surface area (TPSA) is 37.2 Å². The number of aromatic nitrogens is 1. The van der Waals surface area contributed by atoms with E-state index in [-0.39, 0.29) is 6.54 Å². The molecule has 86 valence electrons. The van der Waals surface area contributed by atoms with Crippen LogP contribution in [0.3, 0.4) is 0 Å². The number of fused-ring (bicyclic) bond motifs is 1. The summed E-state index contributed by atoms with van der Waals surface area (Å²) >= 11 is 11.5. The highest BCUT2D eigenvalue weighted by Gasteiger charge is 2.11. The largest absolute Gasteiger partial charge is 0.387 e. The Morgan fingerprint density at radius 1 is 1.50 bits per heavy atom. The highest BCUT2D eigenvalue weighted by Crippen LogP contribution is 2.28. The van der Waals surface area contributed by atoms with Gasteiger partial charge in [-0.1, -0.05) is 11.6 Å². The summed E-state index contributed by atoms with van der Waals surface area (Å²) in [5.74, 6) is 0. The third kappa shape index (κ3) is 2.04. The molecular formula is C11H12Cl2N2O. The first-order chi connectivity index (χ1) is 7.63. The highest BCUT2D eigenvalue weighted by molar-refractivity contribution is 6.35. The van der Waals surface area contributed by atoms with Crippen molar-refractivity contribution in [3.05, 3.63) is 35.0 Å². The molecule has 1 heterocycles. The molecule has 3 nitrogen and oxygen atoms in total. The minimum atomic E-state index is -0.653. The molecule has 0 fully saturated rings. The van der Waals surface area contributed by atoms with Crippen molar-refractivity contribution in [2.45, 2.75) is 6.10 Å². The molecule has 16 heavy (non-hydrogen) atoms. The maximum atomic E-state index is 9.80. The molecule has 0 spiro atoms. The molecule has 2 rings (SSSR count). The van der Waals surface area contributed by atoms with E-state index in [0.29, 0.717) is 5.02 Å². The molecule has 0 amide bonds. The van der Waals surface area contributed by atoms with Crippen LogP contribution in [0.1, 0.15) is 11.7 Å². The van der Waals surface area contributed by atoms with Gasteiger partial charge in [0.25, 0.3) is 0 Å². The number of hydrogen-bond donors (Lipinski definition) is 2. The predicted octanol–water partition coefficient (Wildman–Crippen LogP) is 2.61.